The van der Waals surface area contributed by atoms with Gasteiger partial charge in [-0.1, -0.05) is 18.9 Å². The Labute approximate surface area is 331 Å². The molecule has 1 aromatic rings. The molecule has 2 saturated heterocycles. The van der Waals surface area contributed by atoms with E-state index >= 15 is 0 Å². The van der Waals surface area contributed by atoms with Gasteiger partial charge in [0.15, 0.2) is 36.3 Å². The second-order valence-electron chi connectivity index (χ2n) is 14.7. The number of hydrogen-bond acceptors (Lipinski definition) is 15. The fourth-order valence-electron chi connectivity index (χ4n) is 6.53. The van der Waals surface area contributed by atoms with Gasteiger partial charge in [0.05, 0.1) is 33.0 Å². The van der Waals surface area contributed by atoms with Gasteiger partial charge in [-0.05, 0) is 84.7 Å². The van der Waals surface area contributed by atoms with Gasteiger partial charge in [-0.3, -0.25) is 9.59 Å². The van der Waals surface area contributed by atoms with Gasteiger partial charge >= 0.3 is 0 Å². The standard InChI is InChI=1S/C39H67N3O14/c1-23(2)53-33-29(44)30(45)38(55-34(33)36(47)41-18-16-25-14-15-26(49-7)27(22-25)50-8)52-21-13-20-51-32-28(43)31(46)39(54-24(3)4)56-35(32)37(48)42(6)19-12-10-9-11-17-40-5/h14-15,22-24,28-35,38-40,43-46H,9-13,16-21H2,1-8H3,(H,41,47)/t28-,29-,30+,31+,32+,33+,34?,35?,38-,39-/m1/s1. The van der Waals surface area contributed by atoms with E-state index < -0.39 is 79.3 Å². The van der Waals surface area contributed by atoms with Crippen LogP contribution in [0.25, 0.3) is 0 Å². The molecule has 17 heteroatoms. The summed E-state index contributed by atoms with van der Waals surface area (Å²) in [6, 6.07) is 5.45. The molecule has 322 valence electrons. The molecule has 0 bridgehead atoms. The van der Waals surface area contributed by atoms with Crippen molar-refractivity contribution in [2.24, 2.45) is 0 Å². The highest BCUT2D eigenvalue weighted by Gasteiger charge is 2.51. The van der Waals surface area contributed by atoms with E-state index in [1.165, 1.54) is 12.0 Å². The molecule has 0 radical (unpaired) electrons. The molecule has 56 heavy (non-hydrogen) atoms. The zero-order valence-corrected chi connectivity index (χ0v) is 34.3. The zero-order valence-electron chi connectivity index (χ0n) is 34.3. The molecule has 2 unspecified atom stereocenters. The van der Waals surface area contributed by atoms with Crippen LogP contribution in [0.2, 0.25) is 0 Å². The summed E-state index contributed by atoms with van der Waals surface area (Å²) in [7, 11) is 6.66. The van der Waals surface area contributed by atoms with E-state index in [0.29, 0.717) is 24.5 Å². The Kier molecular flexibility index (Phi) is 20.7. The maximum Gasteiger partial charge on any atom is 0.254 e. The molecular weight excluding hydrogens is 734 g/mol. The van der Waals surface area contributed by atoms with E-state index in [9.17, 15) is 30.0 Å². The molecule has 17 nitrogen and oxygen atoms in total. The highest BCUT2D eigenvalue weighted by molar-refractivity contribution is 5.82. The average Bonchev–Trinajstić information content (AvgIpc) is 3.17. The summed E-state index contributed by atoms with van der Waals surface area (Å²) >= 11 is 0. The zero-order chi connectivity index (χ0) is 41.4. The van der Waals surface area contributed by atoms with Gasteiger partial charge in [-0.2, -0.15) is 0 Å². The minimum Gasteiger partial charge on any atom is -0.493 e. The first kappa shape index (κ1) is 47.7. The molecule has 0 spiro atoms. The lowest BCUT2D eigenvalue weighted by Gasteiger charge is -2.43. The molecule has 2 aliphatic rings. The largest absolute Gasteiger partial charge is 0.493 e. The summed E-state index contributed by atoms with van der Waals surface area (Å²) in [6.45, 7) is 8.51. The van der Waals surface area contributed by atoms with E-state index in [0.717, 1.165) is 37.8 Å². The molecular formula is C39H67N3O14. The van der Waals surface area contributed by atoms with Gasteiger partial charge in [0.25, 0.3) is 11.8 Å². The number of amides is 2. The van der Waals surface area contributed by atoms with Crippen molar-refractivity contribution < 1.29 is 67.9 Å². The maximum atomic E-state index is 13.6. The highest BCUT2D eigenvalue weighted by Crippen LogP contribution is 2.30. The van der Waals surface area contributed by atoms with Crippen LogP contribution < -0.4 is 20.1 Å². The number of carbonyl (C=O) groups is 2. The topological polar surface area (TPSA) is 216 Å². The lowest BCUT2D eigenvalue weighted by Crippen LogP contribution is -2.63. The number of aliphatic hydroxyl groups is 4. The molecule has 0 aromatic heterocycles. The van der Waals surface area contributed by atoms with Gasteiger partial charge in [-0.25, -0.2) is 0 Å². The SMILES string of the molecule is CNCCCCCCN(C)C(=O)C1O[C@@H](OC(C)C)[C@@H](O)[C@@H](O)[C@@H]1OCCCO[C@@H]1OC(C(=O)NCCc2ccc(OC)c(OC)c2)[C@@H](OC(C)C)[C@H](O)[C@@H]1O. The maximum absolute atomic E-state index is 13.6. The molecule has 6 N–H and O–H groups in total. The molecule has 0 aliphatic carbocycles. The third-order valence-electron chi connectivity index (χ3n) is 9.51. The summed E-state index contributed by atoms with van der Waals surface area (Å²) < 4.78 is 45.7. The Morgan fingerprint density at radius 3 is 2.04 bits per heavy atom. The van der Waals surface area contributed by atoms with Gasteiger partial charge in [-0.15, -0.1) is 0 Å². The molecule has 1 aromatic carbocycles. The molecule has 2 amide bonds. The highest BCUT2D eigenvalue weighted by atomic mass is 16.7. The summed E-state index contributed by atoms with van der Waals surface area (Å²) in [4.78, 5) is 28.5. The molecule has 3 rings (SSSR count). The Hall–Kier alpha value is -2.68. The van der Waals surface area contributed by atoms with Crippen LogP contribution in [0.5, 0.6) is 11.5 Å². The van der Waals surface area contributed by atoms with Crippen LogP contribution in [-0.2, 0) is 44.4 Å². The van der Waals surface area contributed by atoms with Crippen LogP contribution in [0.3, 0.4) is 0 Å². The number of methoxy groups -OCH3 is 2. The number of hydrogen-bond donors (Lipinski definition) is 6. The molecule has 2 aliphatic heterocycles. The van der Waals surface area contributed by atoms with Crippen LogP contribution in [-0.4, -0.2) is 172 Å². The van der Waals surface area contributed by atoms with E-state index in [4.69, 9.17) is 37.9 Å². The van der Waals surface area contributed by atoms with Crippen LogP contribution in [0, 0.1) is 0 Å². The third kappa shape index (κ3) is 14.0. The summed E-state index contributed by atoms with van der Waals surface area (Å²) in [6.07, 6.45) is -9.93. The van der Waals surface area contributed by atoms with E-state index in [1.807, 2.05) is 19.2 Å². The first-order valence-electron chi connectivity index (χ1n) is 19.7. The first-order valence-corrected chi connectivity index (χ1v) is 19.7. The van der Waals surface area contributed by atoms with Crippen molar-refractivity contribution >= 4 is 11.8 Å². The van der Waals surface area contributed by atoms with Crippen molar-refractivity contribution in [1.82, 2.24) is 15.5 Å². The fourth-order valence-corrected chi connectivity index (χ4v) is 6.53. The molecule has 10 atom stereocenters. The van der Waals surface area contributed by atoms with Crippen LogP contribution in [0.15, 0.2) is 18.2 Å². The Bertz CT molecular complexity index is 1310. The predicted molar refractivity (Wildman–Crippen MR) is 204 cm³/mol. The summed E-state index contributed by atoms with van der Waals surface area (Å²) in [5, 5.41) is 49.8. The Morgan fingerprint density at radius 2 is 1.38 bits per heavy atom. The van der Waals surface area contributed by atoms with Crippen molar-refractivity contribution in [3.63, 3.8) is 0 Å². The minimum atomic E-state index is -1.54. The van der Waals surface area contributed by atoms with Crippen LogP contribution in [0.1, 0.15) is 65.4 Å². The lowest BCUT2D eigenvalue weighted by atomic mass is 9.97. The van der Waals surface area contributed by atoms with Gasteiger partial charge in [0.2, 0.25) is 0 Å². The van der Waals surface area contributed by atoms with Gasteiger partial charge in [0.1, 0.15) is 36.6 Å². The summed E-state index contributed by atoms with van der Waals surface area (Å²) in [5.74, 6) is 0.171. The van der Waals surface area contributed by atoms with Crippen LogP contribution in [0.4, 0.5) is 0 Å². The number of nitrogens with zero attached hydrogens (tertiary/aromatic N) is 1. The third-order valence-corrected chi connectivity index (χ3v) is 9.51. The monoisotopic (exact) mass is 801 g/mol. The predicted octanol–water partition coefficient (Wildman–Crippen LogP) is 0.505. The Morgan fingerprint density at radius 1 is 0.750 bits per heavy atom. The van der Waals surface area contributed by atoms with E-state index in [1.54, 1.807) is 47.9 Å². The lowest BCUT2D eigenvalue weighted by molar-refractivity contribution is -0.308. The smallest absolute Gasteiger partial charge is 0.254 e. The van der Waals surface area contributed by atoms with Crippen molar-refractivity contribution in [3.05, 3.63) is 23.8 Å². The second-order valence-corrected chi connectivity index (χ2v) is 14.7. The average molecular weight is 802 g/mol. The molecule has 2 heterocycles. The minimum absolute atomic E-state index is 0.0447. The van der Waals surface area contributed by atoms with Gasteiger partial charge < -0.3 is 73.9 Å². The number of aliphatic hydroxyl groups excluding tert-OH is 4. The quantitative estimate of drug-likeness (QED) is 0.0786. The molecule has 0 saturated carbocycles. The number of benzene rings is 1. The number of ether oxygens (including phenoxy) is 8. The Balaban J connectivity index is 1.59. The number of unbranched alkanes of at least 4 members (excludes halogenated alkanes) is 3. The molecule has 2 fully saturated rings. The van der Waals surface area contributed by atoms with Crippen molar-refractivity contribution in [2.75, 3.05) is 61.2 Å². The number of likely N-dealkylation sites (N-methyl/N-ethyl adjacent to an activating group) is 1. The van der Waals surface area contributed by atoms with E-state index in [2.05, 4.69) is 10.6 Å². The first-order chi connectivity index (χ1) is 26.7. The number of carbonyl (C=O) groups excluding carboxylic acids is 2. The fraction of sp³-hybridized carbons (Fsp3) is 0.795. The van der Waals surface area contributed by atoms with E-state index in [-0.39, 0.29) is 32.3 Å². The normalized spacial score (nSPS) is 28.0. The van der Waals surface area contributed by atoms with Crippen molar-refractivity contribution in [2.45, 2.75) is 140 Å². The van der Waals surface area contributed by atoms with Gasteiger partial charge in [0, 0.05) is 26.7 Å². The second kappa shape index (κ2) is 24.3. The summed E-state index contributed by atoms with van der Waals surface area (Å²) in [5.41, 5.74) is 0.890. The number of nitrogens with one attached hydrogen (secondary N) is 2. The van der Waals surface area contributed by atoms with Crippen molar-refractivity contribution in [1.29, 1.82) is 0 Å². The van der Waals surface area contributed by atoms with Crippen molar-refractivity contribution in [3.8, 4) is 11.5 Å². The number of rotatable bonds is 24. The van der Waals surface area contributed by atoms with Crippen LogP contribution >= 0.6 is 0 Å².